The standard InChI is InChI=1S/C19H23N3O3.ClH/c1-13(21-19(24)17(20)12-25-2)15-9-6-10-16(11-15)22-18(23)14-7-4-3-5-8-14;/h3-11,13,17H,12,20H2,1-2H3,(H,21,24)(H,22,23);1H. The number of amides is 2. The zero-order valence-electron chi connectivity index (χ0n) is 14.8. The highest BCUT2D eigenvalue weighted by atomic mass is 35.5. The molecule has 2 amide bonds. The van der Waals surface area contributed by atoms with Crippen molar-refractivity contribution in [2.24, 2.45) is 5.73 Å². The number of rotatable bonds is 7. The molecule has 0 aliphatic rings. The van der Waals surface area contributed by atoms with Crippen LogP contribution in [0.3, 0.4) is 0 Å². The highest BCUT2D eigenvalue weighted by Crippen LogP contribution is 2.18. The lowest BCUT2D eigenvalue weighted by Crippen LogP contribution is -2.44. The molecule has 0 aliphatic heterocycles. The van der Waals surface area contributed by atoms with Gasteiger partial charge in [-0.05, 0) is 36.8 Å². The molecule has 0 aromatic heterocycles. The van der Waals surface area contributed by atoms with Gasteiger partial charge in [0.15, 0.2) is 0 Å². The van der Waals surface area contributed by atoms with Crippen LogP contribution in [0.1, 0.15) is 28.9 Å². The van der Waals surface area contributed by atoms with Gasteiger partial charge >= 0.3 is 0 Å². The number of nitrogens with two attached hydrogens (primary N) is 1. The molecule has 0 fully saturated rings. The van der Waals surface area contributed by atoms with Crippen LogP contribution in [-0.2, 0) is 9.53 Å². The van der Waals surface area contributed by atoms with Crippen molar-refractivity contribution in [2.45, 2.75) is 19.0 Å². The monoisotopic (exact) mass is 377 g/mol. The lowest BCUT2D eigenvalue weighted by Gasteiger charge is -2.18. The largest absolute Gasteiger partial charge is 0.383 e. The van der Waals surface area contributed by atoms with Crippen molar-refractivity contribution in [2.75, 3.05) is 19.0 Å². The van der Waals surface area contributed by atoms with E-state index in [-0.39, 0.29) is 36.9 Å². The Morgan fingerprint density at radius 2 is 1.81 bits per heavy atom. The lowest BCUT2D eigenvalue weighted by molar-refractivity contribution is -0.124. The summed E-state index contributed by atoms with van der Waals surface area (Å²) in [5.74, 6) is -0.468. The molecule has 0 radical (unpaired) electrons. The van der Waals surface area contributed by atoms with Gasteiger partial charge < -0.3 is 21.1 Å². The number of carbonyl (C=O) groups is 2. The average molecular weight is 378 g/mol. The minimum Gasteiger partial charge on any atom is -0.383 e. The fourth-order valence-electron chi connectivity index (χ4n) is 2.34. The Bertz CT molecular complexity index is 725. The van der Waals surface area contributed by atoms with Crippen molar-refractivity contribution in [3.05, 3.63) is 65.7 Å². The van der Waals surface area contributed by atoms with E-state index >= 15 is 0 Å². The Kier molecular flexibility index (Phi) is 8.78. The van der Waals surface area contributed by atoms with Gasteiger partial charge in [0.2, 0.25) is 5.91 Å². The molecule has 0 bridgehead atoms. The zero-order valence-corrected chi connectivity index (χ0v) is 15.6. The molecule has 0 aliphatic carbocycles. The summed E-state index contributed by atoms with van der Waals surface area (Å²) < 4.78 is 4.88. The van der Waals surface area contributed by atoms with Crippen LogP contribution in [0.25, 0.3) is 0 Å². The van der Waals surface area contributed by atoms with Gasteiger partial charge in [0.05, 0.1) is 12.6 Å². The van der Waals surface area contributed by atoms with Crippen LogP contribution in [0.4, 0.5) is 5.69 Å². The second kappa shape index (κ2) is 10.6. The fraction of sp³-hybridized carbons (Fsp3) is 0.263. The van der Waals surface area contributed by atoms with Gasteiger partial charge in [-0.25, -0.2) is 0 Å². The summed E-state index contributed by atoms with van der Waals surface area (Å²) in [6.07, 6.45) is 0. The second-order valence-electron chi connectivity index (χ2n) is 5.74. The maximum atomic E-state index is 12.2. The quantitative estimate of drug-likeness (QED) is 0.691. The van der Waals surface area contributed by atoms with Crippen molar-refractivity contribution in [1.82, 2.24) is 5.32 Å². The van der Waals surface area contributed by atoms with E-state index in [1.807, 2.05) is 43.3 Å². The number of anilines is 1. The molecule has 7 heteroatoms. The highest BCUT2D eigenvalue weighted by Gasteiger charge is 2.16. The molecule has 26 heavy (non-hydrogen) atoms. The first-order valence-corrected chi connectivity index (χ1v) is 8.02. The van der Waals surface area contributed by atoms with Gasteiger partial charge in [0.25, 0.3) is 5.91 Å². The Balaban J connectivity index is 0.00000338. The van der Waals surface area contributed by atoms with E-state index < -0.39 is 6.04 Å². The highest BCUT2D eigenvalue weighted by molar-refractivity contribution is 6.04. The Labute approximate surface area is 159 Å². The Morgan fingerprint density at radius 1 is 1.12 bits per heavy atom. The molecular formula is C19H24ClN3O3. The smallest absolute Gasteiger partial charge is 0.255 e. The van der Waals surface area contributed by atoms with E-state index in [1.54, 1.807) is 18.2 Å². The lowest BCUT2D eigenvalue weighted by atomic mass is 10.1. The van der Waals surface area contributed by atoms with Crippen LogP contribution >= 0.6 is 12.4 Å². The topological polar surface area (TPSA) is 93.4 Å². The number of hydrogen-bond acceptors (Lipinski definition) is 4. The summed E-state index contributed by atoms with van der Waals surface area (Å²) >= 11 is 0. The predicted molar refractivity (Wildman–Crippen MR) is 104 cm³/mol. The molecule has 0 saturated carbocycles. The van der Waals surface area contributed by atoms with E-state index in [1.165, 1.54) is 7.11 Å². The van der Waals surface area contributed by atoms with Gasteiger partial charge in [-0.2, -0.15) is 0 Å². The summed E-state index contributed by atoms with van der Waals surface area (Å²) in [6, 6.07) is 15.4. The molecule has 2 aromatic carbocycles. The van der Waals surface area contributed by atoms with Crippen molar-refractivity contribution in [3.8, 4) is 0 Å². The van der Waals surface area contributed by atoms with Crippen molar-refractivity contribution < 1.29 is 14.3 Å². The summed E-state index contributed by atoms with van der Waals surface area (Å²) in [6.45, 7) is 2.02. The molecule has 2 rings (SSSR count). The van der Waals surface area contributed by atoms with Crippen LogP contribution < -0.4 is 16.4 Å². The zero-order chi connectivity index (χ0) is 18.2. The van der Waals surface area contributed by atoms with Gasteiger partial charge in [0.1, 0.15) is 6.04 Å². The first-order valence-electron chi connectivity index (χ1n) is 8.02. The summed E-state index contributed by atoms with van der Waals surface area (Å²) in [7, 11) is 1.50. The molecule has 0 spiro atoms. The van der Waals surface area contributed by atoms with E-state index in [0.717, 1.165) is 5.56 Å². The normalized spacial score (nSPS) is 12.4. The van der Waals surface area contributed by atoms with Crippen molar-refractivity contribution in [1.29, 1.82) is 0 Å². The van der Waals surface area contributed by atoms with Crippen LogP contribution in [0.15, 0.2) is 54.6 Å². The number of carbonyl (C=O) groups excluding carboxylic acids is 2. The number of ether oxygens (including phenoxy) is 1. The van der Waals surface area contributed by atoms with E-state index in [9.17, 15) is 9.59 Å². The SMILES string of the molecule is COCC(N)C(=O)NC(C)c1cccc(NC(=O)c2ccccc2)c1.Cl. The molecule has 140 valence electrons. The van der Waals surface area contributed by atoms with Crippen molar-refractivity contribution in [3.63, 3.8) is 0 Å². The molecule has 4 N–H and O–H groups in total. The third kappa shape index (κ3) is 6.15. The third-order valence-corrected chi connectivity index (χ3v) is 3.72. The minimum atomic E-state index is -0.714. The average Bonchev–Trinajstić information content (AvgIpc) is 2.62. The molecule has 2 unspecified atom stereocenters. The first-order chi connectivity index (χ1) is 12.0. The minimum absolute atomic E-state index is 0. The predicted octanol–water partition coefficient (Wildman–Crippen LogP) is 2.51. The molecule has 0 saturated heterocycles. The first kappa shape index (κ1) is 21.6. The maximum Gasteiger partial charge on any atom is 0.255 e. The van der Waals surface area contributed by atoms with Crippen LogP contribution in [0, 0.1) is 0 Å². The van der Waals surface area contributed by atoms with Gasteiger partial charge in [-0.1, -0.05) is 30.3 Å². The number of halogens is 1. The second-order valence-corrected chi connectivity index (χ2v) is 5.74. The van der Waals surface area contributed by atoms with Gasteiger partial charge in [0, 0.05) is 18.4 Å². The Morgan fingerprint density at radius 3 is 2.46 bits per heavy atom. The number of nitrogens with one attached hydrogen (secondary N) is 2. The molecule has 6 nitrogen and oxygen atoms in total. The van der Waals surface area contributed by atoms with E-state index in [2.05, 4.69) is 10.6 Å². The number of benzene rings is 2. The molecular weight excluding hydrogens is 354 g/mol. The molecule has 2 atom stereocenters. The van der Waals surface area contributed by atoms with Gasteiger partial charge in [-0.15, -0.1) is 12.4 Å². The van der Waals surface area contributed by atoms with Crippen LogP contribution in [0.5, 0.6) is 0 Å². The summed E-state index contributed by atoms with van der Waals surface area (Å²) in [5, 5.41) is 5.69. The summed E-state index contributed by atoms with van der Waals surface area (Å²) in [5.41, 5.74) is 7.83. The maximum absolute atomic E-state index is 12.2. The van der Waals surface area contributed by atoms with E-state index in [0.29, 0.717) is 11.3 Å². The van der Waals surface area contributed by atoms with Crippen molar-refractivity contribution >= 4 is 29.9 Å². The van der Waals surface area contributed by atoms with Crippen LogP contribution in [0.2, 0.25) is 0 Å². The van der Waals surface area contributed by atoms with Crippen LogP contribution in [-0.4, -0.2) is 31.6 Å². The summed E-state index contributed by atoms with van der Waals surface area (Å²) in [4.78, 5) is 24.2. The van der Waals surface area contributed by atoms with Gasteiger partial charge in [-0.3, -0.25) is 9.59 Å². The number of hydrogen-bond donors (Lipinski definition) is 3. The molecule has 2 aromatic rings. The number of methoxy groups -OCH3 is 1. The van der Waals surface area contributed by atoms with E-state index in [4.69, 9.17) is 10.5 Å². The molecule has 0 heterocycles. The fourth-order valence-corrected chi connectivity index (χ4v) is 2.34. The Hall–Kier alpha value is -2.41. The third-order valence-electron chi connectivity index (χ3n) is 3.72.